The molecule has 1 atom stereocenters. The average Bonchev–Trinajstić information content (AvgIpc) is 2.08. The molecule has 12 heavy (non-hydrogen) atoms. The summed E-state index contributed by atoms with van der Waals surface area (Å²) in [5, 5.41) is 9.91. The molecule has 0 aromatic heterocycles. The largest absolute Gasteiger partial charge is 0.508 e. The minimum Gasteiger partial charge on any atom is -0.508 e. The zero-order valence-corrected chi connectivity index (χ0v) is 7.25. The van der Waals surface area contributed by atoms with Gasteiger partial charge in [-0.2, -0.15) is 0 Å². The van der Waals surface area contributed by atoms with Crippen LogP contribution in [-0.2, 0) is 0 Å². The van der Waals surface area contributed by atoms with Crippen molar-refractivity contribution in [1.29, 1.82) is 0 Å². The first-order valence-corrected chi connectivity index (χ1v) is 3.89. The van der Waals surface area contributed by atoms with Crippen LogP contribution in [0.15, 0.2) is 30.9 Å². The van der Waals surface area contributed by atoms with Gasteiger partial charge in [-0.3, -0.25) is 0 Å². The summed E-state index contributed by atoms with van der Waals surface area (Å²) in [6, 6.07) is 4.38. The van der Waals surface area contributed by atoms with Crippen molar-refractivity contribution < 1.29 is 5.11 Å². The highest BCUT2D eigenvalue weighted by Gasteiger charge is 2.07. The number of benzene rings is 1. The van der Waals surface area contributed by atoms with Crippen LogP contribution in [0.25, 0.3) is 0 Å². The maximum absolute atomic E-state index is 9.35. The first-order valence-electron chi connectivity index (χ1n) is 3.51. The van der Waals surface area contributed by atoms with Crippen LogP contribution in [0, 0.1) is 0 Å². The average molecular weight is 184 g/mol. The summed E-state index contributed by atoms with van der Waals surface area (Å²) in [4.78, 5) is 0. The van der Waals surface area contributed by atoms with Gasteiger partial charge in [-0.05, 0) is 18.2 Å². The molecule has 0 unspecified atom stereocenters. The van der Waals surface area contributed by atoms with Crippen molar-refractivity contribution in [3.8, 4) is 5.75 Å². The van der Waals surface area contributed by atoms with Crippen molar-refractivity contribution in [3.05, 3.63) is 41.4 Å². The molecule has 64 valence electrons. The van der Waals surface area contributed by atoms with E-state index in [-0.39, 0.29) is 11.8 Å². The molecule has 1 aromatic carbocycles. The molecule has 0 saturated carbocycles. The Morgan fingerprint density at radius 1 is 1.58 bits per heavy atom. The Morgan fingerprint density at radius 3 is 2.83 bits per heavy atom. The molecule has 0 aliphatic rings. The van der Waals surface area contributed by atoms with Crippen molar-refractivity contribution in [2.45, 2.75) is 6.04 Å². The molecule has 3 N–H and O–H groups in total. The minimum absolute atomic E-state index is 0.145. The van der Waals surface area contributed by atoms with Crippen molar-refractivity contribution in [1.82, 2.24) is 0 Å². The van der Waals surface area contributed by atoms with Gasteiger partial charge in [0, 0.05) is 10.6 Å². The van der Waals surface area contributed by atoms with Crippen molar-refractivity contribution in [2.24, 2.45) is 5.73 Å². The Kier molecular flexibility index (Phi) is 2.74. The van der Waals surface area contributed by atoms with Crippen molar-refractivity contribution in [2.75, 3.05) is 0 Å². The SMILES string of the molecule is C=C[C@@H](N)c1cc(Cl)ccc1O. The Labute approximate surface area is 76.3 Å². The Hall–Kier alpha value is -0.990. The van der Waals surface area contributed by atoms with E-state index in [9.17, 15) is 5.11 Å². The fraction of sp³-hybridized carbons (Fsp3) is 0.111. The zero-order valence-electron chi connectivity index (χ0n) is 6.50. The first kappa shape index (κ1) is 9.10. The number of hydrogen-bond donors (Lipinski definition) is 2. The molecule has 0 aliphatic heterocycles. The summed E-state index contributed by atoms with van der Waals surface area (Å²) in [5.41, 5.74) is 6.22. The second-order valence-corrected chi connectivity index (χ2v) is 2.90. The number of aromatic hydroxyl groups is 1. The van der Waals surface area contributed by atoms with Crippen LogP contribution in [0.2, 0.25) is 5.02 Å². The van der Waals surface area contributed by atoms with Gasteiger partial charge in [-0.25, -0.2) is 0 Å². The number of hydrogen-bond acceptors (Lipinski definition) is 2. The molecule has 2 nitrogen and oxygen atoms in total. The Bertz CT molecular complexity index is 299. The molecule has 1 aromatic rings. The second-order valence-electron chi connectivity index (χ2n) is 2.46. The third-order valence-corrected chi connectivity index (χ3v) is 1.84. The van der Waals surface area contributed by atoms with Gasteiger partial charge in [-0.15, -0.1) is 6.58 Å². The third-order valence-electron chi connectivity index (χ3n) is 1.60. The second kappa shape index (κ2) is 3.61. The van der Waals surface area contributed by atoms with Gasteiger partial charge in [0.2, 0.25) is 0 Å². The molecular weight excluding hydrogens is 174 g/mol. The molecule has 0 spiro atoms. The van der Waals surface area contributed by atoms with Crippen molar-refractivity contribution in [3.63, 3.8) is 0 Å². The maximum Gasteiger partial charge on any atom is 0.120 e. The summed E-state index contributed by atoms with van der Waals surface area (Å²) < 4.78 is 0. The zero-order chi connectivity index (χ0) is 9.14. The predicted octanol–water partition coefficient (Wildman–Crippen LogP) is 2.23. The van der Waals surface area contributed by atoms with Crippen LogP contribution >= 0.6 is 11.6 Å². The molecule has 1 rings (SSSR count). The van der Waals surface area contributed by atoms with Crippen LogP contribution in [0.4, 0.5) is 0 Å². The van der Waals surface area contributed by atoms with E-state index in [1.807, 2.05) is 0 Å². The number of halogens is 1. The molecule has 0 heterocycles. The van der Waals surface area contributed by atoms with E-state index in [0.717, 1.165) is 0 Å². The van der Waals surface area contributed by atoms with Crippen LogP contribution in [-0.4, -0.2) is 5.11 Å². The van der Waals surface area contributed by atoms with Crippen molar-refractivity contribution >= 4 is 11.6 Å². The fourth-order valence-electron chi connectivity index (χ4n) is 0.919. The summed E-state index contributed by atoms with van der Waals surface area (Å²) in [5.74, 6) is 0.145. The van der Waals surface area contributed by atoms with E-state index in [4.69, 9.17) is 17.3 Å². The molecule has 0 amide bonds. The Morgan fingerprint density at radius 2 is 2.25 bits per heavy atom. The topological polar surface area (TPSA) is 46.2 Å². The van der Waals surface area contributed by atoms with Gasteiger partial charge < -0.3 is 10.8 Å². The number of phenols is 1. The van der Waals surface area contributed by atoms with Crippen LogP contribution < -0.4 is 5.73 Å². The van der Waals surface area contributed by atoms with E-state index in [1.54, 1.807) is 18.2 Å². The predicted molar refractivity (Wildman–Crippen MR) is 50.2 cm³/mol. The van der Waals surface area contributed by atoms with E-state index in [2.05, 4.69) is 6.58 Å². The molecule has 0 fully saturated rings. The molecule has 0 bridgehead atoms. The molecular formula is C9H10ClNO. The molecule has 0 saturated heterocycles. The van der Waals surface area contributed by atoms with E-state index in [0.29, 0.717) is 10.6 Å². The normalized spacial score (nSPS) is 12.5. The highest BCUT2D eigenvalue weighted by molar-refractivity contribution is 6.30. The number of nitrogens with two attached hydrogens (primary N) is 1. The lowest BCUT2D eigenvalue weighted by Gasteiger charge is -2.08. The lowest BCUT2D eigenvalue weighted by Crippen LogP contribution is -2.06. The van der Waals surface area contributed by atoms with E-state index in [1.165, 1.54) is 6.07 Å². The number of phenolic OH excluding ortho intramolecular Hbond substituents is 1. The number of rotatable bonds is 2. The van der Waals surface area contributed by atoms with Gasteiger partial charge in [0.15, 0.2) is 0 Å². The maximum atomic E-state index is 9.35. The highest BCUT2D eigenvalue weighted by atomic mass is 35.5. The summed E-state index contributed by atoms with van der Waals surface area (Å²) in [7, 11) is 0. The Balaban J connectivity index is 3.12. The summed E-state index contributed by atoms with van der Waals surface area (Å²) in [6.07, 6.45) is 1.55. The van der Waals surface area contributed by atoms with E-state index < -0.39 is 0 Å². The highest BCUT2D eigenvalue weighted by Crippen LogP contribution is 2.26. The molecule has 0 aliphatic carbocycles. The van der Waals surface area contributed by atoms with E-state index >= 15 is 0 Å². The monoisotopic (exact) mass is 183 g/mol. The first-order chi connectivity index (χ1) is 5.65. The lowest BCUT2D eigenvalue weighted by atomic mass is 10.1. The van der Waals surface area contributed by atoms with Crippen LogP contribution in [0.5, 0.6) is 5.75 Å². The van der Waals surface area contributed by atoms with Crippen LogP contribution in [0.3, 0.4) is 0 Å². The van der Waals surface area contributed by atoms with Gasteiger partial charge in [0.25, 0.3) is 0 Å². The van der Waals surface area contributed by atoms with Gasteiger partial charge >= 0.3 is 0 Å². The van der Waals surface area contributed by atoms with Gasteiger partial charge in [-0.1, -0.05) is 17.7 Å². The molecule has 0 radical (unpaired) electrons. The van der Waals surface area contributed by atoms with Crippen LogP contribution in [0.1, 0.15) is 11.6 Å². The van der Waals surface area contributed by atoms with Gasteiger partial charge in [0.1, 0.15) is 5.75 Å². The minimum atomic E-state index is -0.372. The van der Waals surface area contributed by atoms with Gasteiger partial charge in [0.05, 0.1) is 6.04 Å². The summed E-state index contributed by atoms with van der Waals surface area (Å²) >= 11 is 5.72. The standard InChI is InChI=1S/C9H10ClNO/c1-2-8(11)7-5-6(10)3-4-9(7)12/h2-5,8,12H,1,11H2/t8-/m1/s1. The fourth-order valence-corrected chi connectivity index (χ4v) is 1.10. The third kappa shape index (κ3) is 1.78. The lowest BCUT2D eigenvalue weighted by molar-refractivity contribution is 0.466. The smallest absolute Gasteiger partial charge is 0.120 e. The quantitative estimate of drug-likeness (QED) is 0.691. The molecule has 3 heteroatoms. The summed E-state index contributed by atoms with van der Waals surface area (Å²) in [6.45, 7) is 3.53.